The lowest BCUT2D eigenvalue weighted by molar-refractivity contribution is 0.302. The zero-order valence-corrected chi connectivity index (χ0v) is 17.8. The Bertz CT molecular complexity index is 1310. The summed E-state index contributed by atoms with van der Waals surface area (Å²) in [6.07, 6.45) is 0.724. The third-order valence-corrected chi connectivity index (χ3v) is 5.03. The molecule has 4 aromatic rings. The van der Waals surface area contributed by atoms with Gasteiger partial charge in [0.2, 0.25) is 0 Å². The molecule has 0 spiro atoms. The number of ether oxygens (including phenoxy) is 2. The van der Waals surface area contributed by atoms with Crippen molar-refractivity contribution < 1.29 is 22.7 Å². The van der Waals surface area contributed by atoms with Gasteiger partial charge in [-0.05, 0) is 48.6 Å². The molecule has 0 saturated carbocycles. The summed E-state index contributed by atoms with van der Waals surface area (Å²) in [6.45, 7) is 4.56. The molecule has 0 aliphatic rings. The van der Waals surface area contributed by atoms with Gasteiger partial charge in [0, 0.05) is 17.2 Å². The van der Waals surface area contributed by atoms with Crippen molar-refractivity contribution in [2.75, 3.05) is 13.2 Å². The van der Waals surface area contributed by atoms with Crippen LogP contribution in [-0.2, 0) is 0 Å². The largest absolute Gasteiger partial charge is 0.494 e. The monoisotopic (exact) mass is 436 g/mol. The van der Waals surface area contributed by atoms with Crippen LogP contribution in [0.25, 0.3) is 33.2 Å². The van der Waals surface area contributed by atoms with Crippen LogP contribution >= 0.6 is 0 Å². The van der Waals surface area contributed by atoms with Crippen molar-refractivity contribution in [3.63, 3.8) is 0 Å². The SMILES string of the molecule is CCCOc1ccc2cc(-c3ccc(-c4ccc(OCC)cc4F)cc3)oc(=O)c2c1F. The molecule has 4 rings (SSSR count). The standard InChI is InChI=1S/C26H22F2O4/c1-3-13-31-22-12-9-18-14-23(32-26(29)24(18)25(22)28)17-7-5-16(6-8-17)20-11-10-19(30-4-2)15-21(20)27/h5-12,14-15H,3-4,13H2,1-2H3. The van der Waals surface area contributed by atoms with Crippen molar-refractivity contribution in [2.45, 2.75) is 20.3 Å². The third kappa shape index (κ3) is 4.21. The Morgan fingerprint density at radius 1 is 0.875 bits per heavy atom. The Morgan fingerprint density at radius 3 is 2.31 bits per heavy atom. The summed E-state index contributed by atoms with van der Waals surface area (Å²) in [4.78, 5) is 12.5. The first-order chi connectivity index (χ1) is 15.5. The smallest absolute Gasteiger partial charge is 0.347 e. The maximum atomic E-state index is 14.7. The number of rotatable bonds is 7. The molecule has 32 heavy (non-hydrogen) atoms. The maximum Gasteiger partial charge on any atom is 0.347 e. The van der Waals surface area contributed by atoms with Crippen LogP contribution in [0.15, 0.2) is 69.9 Å². The molecule has 1 aromatic heterocycles. The first-order valence-electron chi connectivity index (χ1n) is 10.4. The van der Waals surface area contributed by atoms with Gasteiger partial charge in [-0.25, -0.2) is 13.6 Å². The molecule has 0 aliphatic heterocycles. The molecule has 0 amide bonds. The molecule has 0 saturated heterocycles. The van der Waals surface area contributed by atoms with Gasteiger partial charge in [0.15, 0.2) is 11.6 Å². The van der Waals surface area contributed by atoms with Crippen LogP contribution in [0.3, 0.4) is 0 Å². The van der Waals surface area contributed by atoms with Crippen LogP contribution in [0, 0.1) is 11.6 Å². The predicted molar refractivity (Wildman–Crippen MR) is 120 cm³/mol. The zero-order chi connectivity index (χ0) is 22.7. The molecule has 0 aliphatic carbocycles. The average molecular weight is 436 g/mol. The highest BCUT2D eigenvalue weighted by molar-refractivity contribution is 5.86. The van der Waals surface area contributed by atoms with Crippen LogP contribution in [0.2, 0.25) is 0 Å². The molecule has 0 bridgehead atoms. The lowest BCUT2D eigenvalue weighted by Gasteiger charge is -2.09. The molecule has 0 N–H and O–H groups in total. The van der Waals surface area contributed by atoms with E-state index in [1.807, 2.05) is 13.8 Å². The van der Waals surface area contributed by atoms with E-state index in [2.05, 4.69) is 0 Å². The van der Waals surface area contributed by atoms with E-state index in [4.69, 9.17) is 13.9 Å². The molecule has 164 valence electrons. The average Bonchev–Trinajstić information content (AvgIpc) is 2.79. The third-order valence-electron chi connectivity index (χ3n) is 5.03. The molecular weight excluding hydrogens is 414 g/mol. The van der Waals surface area contributed by atoms with E-state index < -0.39 is 17.3 Å². The number of hydrogen-bond donors (Lipinski definition) is 0. The quantitative estimate of drug-likeness (QED) is 0.328. The van der Waals surface area contributed by atoms with Crippen molar-refractivity contribution in [3.8, 4) is 33.9 Å². The van der Waals surface area contributed by atoms with Gasteiger partial charge < -0.3 is 13.9 Å². The Labute approximate surface area is 184 Å². The van der Waals surface area contributed by atoms with Crippen molar-refractivity contribution in [1.82, 2.24) is 0 Å². The number of benzene rings is 3. The lowest BCUT2D eigenvalue weighted by atomic mass is 10.0. The van der Waals surface area contributed by atoms with Gasteiger partial charge in [0.1, 0.15) is 22.7 Å². The fourth-order valence-corrected chi connectivity index (χ4v) is 3.49. The van der Waals surface area contributed by atoms with Gasteiger partial charge in [-0.2, -0.15) is 0 Å². The summed E-state index contributed by atoms with van der Waals surface area (Å²) in [6, 6.07) is 16.4. The Hall–Kier alpha value is -3.67. The molecule has 1 heterocycles. The van der Waals surface area contributed by atoms with Crippen LogP contribution in [0.1, 0.15) is 20.3 Å². The second-order valence-electron chi connectivity index (χ2n) is 7.24. The van der Waals surface area contributed by atoms with Gasteiger partial charge in [-0.3, -0.25) is 0 Å². The van der Waals surface area contributed by atoms with E-state index in [1.165, 1.54) is 12.1 Å². The van der Waals surface area contributed by atoms with Crippen molar-refractivity contribution >= 4 is 10.8 Å². The Balaban J connectivity index is 1.67. The normalized spacial score (nSPS) is 11.0. The van der Waals surface area contributed by atoms with Gasteiger partial charge >= 0.3 is 5.63 Å². The predicted octanol–water partition coefficient (Wildman–Crippen LogP) is 6.59. The van der Waals surface area contributed by atoms with Gasteiger partial charge in [-0.15, -0.1) is 0 Å². The molecule has 3 aromatic carbocycles. The minimum absolute atomic E-state index is 0.0288. The van der Waals surface area contributed by atoms with E-state index >= 15 is 0 Å². The molecule has 0 unspecified atom stereocenters. The summed E-state index contributed by atoms with van der Waals surface area (Å²) < 4.78 is 45.2. The molecular formula is C26H22F2O4. The molecule has 6 heteroatoms. The van der Waals surface area contributed by atoms with E-state index in [0.717, 1.165) is 6.42 Å². The van der Waals surface area contributed by atoms with Crippen molar-refractivity contribution in [3.05, 3.63) is 82.7 Å². The molecule has 0 radical (unpaired) electrons. The summed E-state index contributed by atoms with van der Waals surface area (Å²) >= 11 is 0. The van der Waals surface area contributed by atoms with Gasteiger partial charge in [-0.1, -0.05) is 37.3 Å². The number of hydrogen-bond acceptors (Lipinski definition) is 4. The molecule has 0 fully saturated rings. The maximum absolute atomic E-state index is 14.7. The number of fused-ring (bicyclic) bond motifs is 1. The second kappa shape index (κ2) is 9.22. The minimum Gasteiger partial charge on any atom is -0.494 e. The van der Waals surface area contributed by atoms with Crippen molar-refractivity contribution in [2.24, 2.45) is 0 Å². The first-order valence-corrected chi connectivity index (χ1v) is 10.4. The van der Waals surface area contributed by atoms with Gasteiger partial charge in [0.25, 0.3) is 0 Å². The van der Waals surface area contributed by atoms with Crippen LogP contribution in [0.5, 0.6) is 11.5 Å². The zero-order valence-electron chi connectivity index (χ0n) is 17.8. The fourth-order valence-electron chi connectivity index (χ4n) is 3.49. The number of halogens is 2. The summed E-state index contributed by atoms with van der Waals surface area (Å²) in [7, 11) is 0. The first kappa shape index (κ1) is 21.6. The summed E-state index contributed by atoms with van der Waals surface area (Å²) in [5.41, 5.74) is 0.937. The highest BCUT2D eigenvalue weighted by Crippen LogP contribution is 2.31. The second-order valence-corrected chi connectivity index (χ2v) is 7.24. The molecule has 0 atom stereocenters. The van der Waals surface area contributed by atoms with E-state index in [0.29, 0.717) is 46.8 Å². The van der Waals surface area contributed by atoms with Gasteiger partial charge in [0.05, 0.1) is 13.2 Å². The molecule has 4 nitrogen and oxygen atoms in total. The highest BCUT2D eigenvalue weighted by Gasteiger charge is 2.15. The van der Waals surface area contributed by atoms with E-state index in [9.17, 15) is 13.6 Å². The van der Waals surface area contributed by atoms with Crippen molar-refractivity contribution in [1.29, 1.82) is 0 Å². The van der Waals surface area contributed by atoms with E-state index in [1.54, 1.807) is 48.5 Å². The Morgan fingerprint density at radius 2 is 1.62 bits per heavy atom. The van der Waals surface area contributed by atoms with Crippen LogP contribution in [-0.4, -0.2) is 13.2 Å². The summed E-state index contributed by atoms with van der Waals surface area (Å²) in [5, 5.41) is 0.273. The lowest BCUT2D eigenvalue weighted by Crippen LogP contribution is -2.05. The Kier molecular flexibility index (Phi) is 6.21. The topological polar surface area (TPSA) is 48.7 Å². The van der Waals surface area contributed by atoms with E-state index in [-0.39, 0.29) is 11.1 Å². The van der Waals surface area contributed by atoms with Crippen LogP contribution < -0.4 is 15.1 Å². The van der Waals surface area contributed by atoms with Crippen LogP contribution in [0.4, 0.5) is 8.78 Å². The minimum atomic E-state index is -0.779. The fraction of sp³-hybridized carbons (Fsp3) is 0.192. The highest BCUT2D eigenvalue weighted by atomic mass is 19.1. The summed E-state index contributed by atoms with van der Waals surface area (Å²) in [5.74, 6) is -0.321.